The van der Waals surface area contributed by atoms with Gasteiger partial charge >= 0.3 is 0 Å². The number of fused-ring (bicyclic) bond motifs is 1. The van der Waals surface area contributed by atoms with Crippen LogP contribution in [0.25, 0.3) is 0 Å². The fourth-order valence-electron chi connectivity index (χ4n) is 2.37. The topological polar surface area (TPSA) is 21.6 Å². The van der Waals surface area contributed by atoms with E-state index in [1.807, 2.05) is 18.2 Å². The molecule has 2 aromatic rings. The van der Waals surface area contributed by atoms with Crippen molar-refractivity contribution in [3.8, 4) is 5.75 Å². The van der Waals surface area contributed by atoms with E-state index >= 15 is 0 Å². The summed E-state index contributed by atoms with van der Waals surface area (Å²) in [5.41, 5.74) is 3.01. The van der Waals surface area contributed by atoms with E-state index in [1.165, 1.54) is 17.7 Å². The van der Waals surface area contributed by atoms with E-state index in [9.17, 15) is 4.39 Å². The number of hydrogen-bond acceptors (Lipinski definition) is 2. The zero-order valence-electron chi connectivity index (χ0n) is 11.2. The van der Waals surface area contributed by atoms with Crippen molar-refractivity contribution < 1.29 is 9.13 Å². The van der Waals surface area contributed by atoms with Crippen LogP contribution in [-0.4, -0.2) is 18.9 Å². The molecule has 0 bridgehead atoms. The minimum Gasteiger partial charge on any atom is -0.492 e. The van der Waals surface area contributed by atoms with Crippen LogP contribution < -0.4 is 4.74 Å². The molecule has 0 N–H and O–H groups in total. The molecule has 2 nitrogen and oxygen atoms in total. The minimum atomic E-state index is -0.245. The van der Waals surface area contributed by atoms with Crippen molar-refractivity contribution in [2.45, 2.75) is 12.8 Å². The standard InChI is InChI=1S/C17H16FNO/c18-14-6-7-17-15(12-14)16(9-11-20-17)19-10-8-13-4-2-1-3-5-13/h1-7,12H,8-11H2. The van der Waals surface area contributed by atoms with Gasteiger partial charge in [0.25, 0.3) is 0 Å². The van der Waals surface area contributed by atoms with E-state index in [2.05, 4.69) is 17.1 Å². The molecule has 0 atom stereocenters. The van der Waals surface area contributed by atoms with E-state index in [4.69, 9.17) is 4.74 Å². The number of benzene rings is 2. The quantitative estimate of drug-likeness (QED) is 0.833. The van der Waals surface area contributed by atoms with Gasteiger partial charge in [0.2, 0.25) is 0 Å². The van der Waals surface area contributed by atoms with E-state index in [-0.39, 0.29) is 5.82 Å². The van der Waals surface area contributed by atoms with Crippen molar-refractivity contribution in [2.75, 3.05) is 13.2 Å². The molecule has 0 spiro atoms. The van der Waals surface area contributed by atoms with Gasteiger partial charge in [0, 0.05) is 24.2 Å². The maximum absolute atomic E-state index is 13.3. The summed E-state index contributed by atoms with van der Waals surface area (Å²) in [7, 11) is 0. The Hall–Kier alpha value is -2.16. The van der Waals surface area contributed by atoms with Crippen molar-refractivity contribution in [3.05, 3.63) is 65.5 Å². The monoisotopic (exact) mass is 269 g/mol. The highest BCUT2D eigenvalue weighted by atomic mass is 19.1. The first-order valence-electron chi connectivity index (χ1n) is 6.83. The van der Waals surface area contributed by atoms with Crippen molar-refractivity contribution in [2.24, 2.45) is 4.99 Å². The third-order valence-corrected chi connectivity index (χ3v) is 3.39. The van der Waals surface area contributed by atoms with Crippen LogP contribution in [0.15, 0.2) is 53.5 Å². The predicted octanol–water partition coefficient (Wildman–Crippen LogP) is 3.64. The minimum absolute atomic E-state index is 0.245. The number of nitrogens with zero attached hydrogens (tertiary/aromatic N) is 1. The Bertz CT molecular complexity index is 622. The van der Waals surface area contributed by atoms with E-state index < -0.39 is 0 Å². The van der Waals surface area contributed by atoms with Crippen molar-refractivity contribution in [3.63, 3.8) is 0 Å². The second-order valence-corrected chi connectivity index (χ2v) is 4.80. The Morgan fingerprint density at radius 1 is 1.10 bits per heavy atom. The van der Waals surface area contributed by atoms with Gasteiger partial charge in [-0.2, -0.15) is 0 Å². The molecular formula is C17H16FNO. The molecule has 0 aliphatic carbocycles. The maximum atomic E-state index is 13.3. The molecule has 2 aromatic carbocycles. The van der Waals surface area contributed by atoms with Gasteiger partial charge in [-0.15, -0.1) is 0 Å². The van der Waals surface area contributed by atoms with Gasteiger partial charge in [-0.25, -0.2) is 4.39 Å². The number of hydrogen-bond donors (Lipinski definition) is 0. The summed E-state index contributed by atoms with van der Waals surface area (Å²) in [6.45, 7) is 1.33. The molecule has 1 aliphatic rings. The van der Waals surface area contributed by atoms with Gasteiger partial charge in [-0.05, 0) is 30.2 Å². The van der Waals surface area contributed by atoms with Crippen molar-refractivity contribution >= 4 is 5.71 Å². The van der Waals surface area contributed by atoms with Crippen LogP contribution in [-0.2, 0) is 6.42 Å². The number of halogens is 1. The van der Waals surface area contributed by atoms with Gasteiger partial charge < -0.3 is 4.74 Å². The Kier molecular flexibility index (Phi) is 3.77. The average molecular weight is 269 g/mol. The molecule has 0 fully saturated rings. The molecule has 0 radical (unpaired) electrons. The number of rotatable bonds is 3. The average Bonchev–Trinajstić information content (AvgIpc) is 2.49. The van der Waals surface area contributed by atoms with Gasteiger partial charge in [-0.1, -0.05) is 30.3 Å². The van der Waals surface area contributed by atoms with Gasteiger partial charge in [0.05, 0.1) is 6.61 Å². The second-order valence-electron chi connectivity index (χ2n) is 4.80. The summed E-state index contributed by atoms with van der Waals surface area (Å²) in [5, 5.41) is 0. The maximum Gasteiger partial charge on any atom is 0.128 e. The Morgan fingerprint density at radius 3 is 2.80 bits per heavy atom. The molecular weight excluding hydrogens is 253 g/mol. The molecule has 102 valence electrons. The van der Waals surface area contributed by atoms with Crippen molar-refractivity contribution in [1.29, 1.82) is 0 Å². The van der Waals surface area contributed by atoms with Gasteiger partial charge in [0.15, 0.2) is 0 Å². The van der Waals surface area contributed by atoms with Gasteiger partial charge in [0.1, 0.15) is 11.6 Å². The van der Waals surface area contributed by atoms with E-state index in [0.717, 1.165) is 36.4 Å². The summed E-state index contributed by atoms with van der Waals surface area (Å²) < 4.78 is 18.9. The van der Waals surface area contributed by atoms with Crippen LogP contribution >= 0.6 is 0 Å². The first-order chi connectivity index (χ1) is 9.83. The lowest BCUT2D eigenvalue weighted by atomic mass is 10.0. The van der Waals surface area contributed by atoms with Crippen LogP contribution in [0.1, 0.15) is 17.5 Å². The molecule has 0 unspecified atom stereocenters. The van der Waals surface area contributed by atoms with Crippen molar-refractivity contribution in [1.82, 2.24) is 0 Å². The molecule has 0 saturated heterocycles. The van der Waals surface area contributed by atoms with E-state index in [0.29, 0.717) is 6.61 Å². The van der Waals surface area contributed by atoms with Crippen LogP contribution in [0.5, 0.6) is 5.75 Å². The van der Waals surface area contributed by atoms with Crippen LogP contribution in [0, 0.1) is 5.82 Å². The molecule has 0 saturated carbocycles. The fraction of sp³-hybridized carbons (Fsp3) is 0.235. The lowest BCUT2D eigenvalue weighted by Crippen LogP contribution is -2.17. The Balaban J connectivity index is 1.75. The SMILES string of the molecule is Fc1ccc2c(c1)C(=NCCc1ccccc1)CCO2. The smallest absolute Gasteiger partial charge is 0.128 e. The van der Waals surface area contributed by atoms with Crippen LogP contribution in [0.3, 0.4) is 0 Å². The molecule has 0 amide bonds. The molecule has 0 aromatic heterocycles. The number of ether oxygens (including phenoxy) is 1. The molecule has 3 rings (SSSR count). The fourth-order valence-corrected chi connectivity index (χ4v) is 2.37. The Labute approximate surface area is 117 Å². The molecule has 3 heteroatoms. The first-order valence-corrected chi connectivity index (χ1v) is 6.83. The Morgan fingerprint density at radius 2 is 1.95 bits per heavy atom. The lowest BCUT2D eigenvalue weighted by Gasteiger charge is -2.19. The third-order valence-electron chi connectivity index (χ3n) is 3.39. The second kappa shape index (κ2) is 5.87. The highest BCUT2D eigenvalue weighted by Gasteiger charge is 2.16. The summed E-state index contributed by atoms with van der Waals surface area (Å²) in [6.07, 6.45) is 1.64. The normalized spacial score (nSPS) is 15.8. The molecule has 1 heterocycles. The largest absolute Gasteiger partial charge is 0.492 e. The van der Waals surface area contributed by atoms with Crippen LogP contribution in [0.4, 0.5) is 4.39 Å². The van der Waals surface area contributed by atoms with E-state index in [1.54, 1.807) is 6.07 Å². The highest BCUT2D eigenvalue weighted by Crippen LogP contribution is 2.25. The molecule has 20 heavy (non-hydrogen) atoms. The summed E-state index contributed by atoms with van der Waals surface area (Å²) in [5.74, 6) is 0.487. The summed E-state index contributed by atoms with van der Waals surface area (Å²) >= 11 is 0. The zero-order valence-corrected chi connectivity index (χ0v) is 11.2. The zero-order chi connectivity index (χ0) is 13.8. The van der Waals surface area contributed by atoms with Crippen LogP contribution in [0.2, 0.25) is 0 Å². The predicted molar refractivity (Wildman–Crippen MR) is 78.1 cm³/mol. The lowest BCUT2D eigenvalue weighted by molar-refractivity contribution is 0.319. The summed E-state index contributed by atoms with van der Waals surface area (Å²) in [4.78, 5) is 4.63. The highest BCUT2D eigenvalue weighted by molar-refractivity contribution is 6.03. The number of aliphatic imine (C=N–C) groups is 1. The molecule has 1 aliphatic heterocycles. The van der Waals surface area contributed by atoms with Gasteiger partial charge in [-0.3, -0.25) is 4.99 Å². The first kappa shape index (κ1) is 12.9. The summed E-state index contributed by atoms with van der Waals surface area (Å²) in [6, 6.07) is 14.9. The third kappa shape index (κ3) is 2.87.